The van der Waals surface area contributed by atoms with E-state index in [1.807, 2.05) is 26.0 Å². The molecule has 0 saturated heterocycles. The minimum Gasteiger partial charge on any atom is -0.508 e. The van der Waals surface area contributed by atoms with Gasteiger partial charge >= 0.3 is 0 Å². The number of nitrogens with zero attached hydrogens (tertiary/aromatic N) is 1. The minimum absolute atomic E-state index is 0.177. The van der Waals surface area contributed by atoms with Crippen LogP contribution in [-0.4, -0.2) is 5.11 Å². The Bertz CT molecular complexity index is 380. The molecule has 14 heavy (non-hydrogen) atoms. The third-order valence-corrected chi connectivity index (χ3v) is 2.35. The summed E-state index contributed by atoms with van der Waals surface area (Å²) in [5.74, 6) is 0.177. The van der Waals surface area contributed by atoms with Crippen molar-refractivity contribution in [1.82, 2.24) is 0 Å². The molecule has 1 rings (SSSR count). The molecule has 1 aromatic carbocycles. The van der Waals surface area contributed by atoms with E-state index in [4.69, 9.17) is 11.0 Å². The number of rotatable bonds is 2. The van der Waals surface area contributed by atoms with Crippen molar-refractivity contribution >= 4 is 0 Å². The molecule has 0 bridgehead atoms. The number of aryl methyl sites for hydroxylation is 2. The Kier molecular flexibility index (Phi) is 3.10. The van der Waals surface area contributed by atoms with Crippen LogP contribution in [0.25, 0.3) is 0 Å². The number of aromatic hydroxyl groups is 1. The standard InChI is InChI=1S/C11H14N2O/c1-7-5-9(10(13)3-4-12)11(14)6-8(7)2/h5-6,10,14H,3,13H2,1-2H3/t10-/m1/s1. The summed E-state index contributed by atoms with van der Waals surface area (Å²) in [6.45, 7) is 3.88. The lowest BCUT2D eigenvalue weighted by Crippen LogP contribution is -2.09. The van der Waals surface area contributed by atoms with Gasteiger partial charge in [0.05, 0.1) is 12.5 Å². The number of benzene rings is 1. The van der Waals surface area contributed by atoms with Crippen molar-refractivity contribution in [3.8, 4) is 11.8 Å². The summed E-state index contributed by atoms with van der Waals surface area (Å²) < 4.78 is 0. The highest BCUT2D eigenvalue weighted by molar-refractivity contribution is 5.42. The van der Waals surface area contributed by atoms with Crippen LogP contribution in [0.2, 0.25) is 0 Å². The minimum atomic E-state index is -0.403. The fourth-order valence-electron chi connectivity index (χ4n) is 1.33. The first-order valence-electron chi connectivity index (χ1n) is 4.49. The maximum Gasteiger partial charge on any atom is 0.120 e. The fraction of sp³-hybridized carbons (Fsp3) is 0.364. The van der Waals surface area contributed by atoms with Gasteiger partial charge in [-0.05, 0) is 31.0 Å². The van der Waals surface area contributed by atoms with Crippen LogP contribution in [0.15, 0.2) is 12.1 Å². The van der Waals surface area contributed by atoms with Crippen molar-refractivity contribution in [3.05, 3.63) is 28.8 Å². The van der Waals surface area contributed by atoms with E-state index in [-0.39, 0.29) is 12.2 Å². The predicted octanol–water partition coefficient (Wildman–Crippen LogP) is 1.92. The quantitative estimate of drug-likeness (QED) is 0.748. The van der Waals surface area contributed by atoms with Gasteiger partial charge in [0.15, 0.2) is 0 Å². The average molecular weight is 190 g/mol. The second-order valence-electron chi connectivity index (χ2n) is 3.46. The number of nitriles is 1. The predicted molar refractivity (Wildman–Crippen MR) is 54.7 cm³/mol. The molecular weight excluding hydrogens is 176 g/mol. The zero-order chi connectivity index (χ0) is 10.7. The van der Waals surface area contributed by atoms with Crippen molar-refractivity contribution in [2.24, 2.45) is 5.73 Å². The maximum absolute atomic E-state index is 9.62. The zero-order valence-electron chi connectivity index (χ0n) is 8.41. The highest BCUT2D eigenvalue weighted by Crippen LogP contribution is 2.27. The van der Waals surface area contributed by atoms with Crippen molar-refractivity contribution < 1.29 is 5.11 Å². The van der Waals surface area contributed by atoms with E-state index in [2.05, 4.69) is 0 Å². The first kappa shape index (κ1) is 10.6. The van der Waals surface area contributed by atoms with E-state index in [1.54, 1.807) is 6.07 Å². The number of nitrogens with two attached hydrogens (primary N) is 1. The van der Waals surface area contributed by atoms with Crippen LogP contribution in [0.4, 0.5) is 0 Å². The van der Waals surface area contributed by atoms with Crippen molar-refractivity contribution in [3.63, 3.8) is 0 Å². The van der Waals surface area contributed by atoms with E-state index >= 15 is 0 Å². The SMILES string of the molecule is Cc1cc(O)c([C@H](N)CC#N)cc1C. The second-order valence-corrected chi connectivity index (χ2v) is 3.46. The summed E-state index contributed by atoms with van der Waals surface area (Å²) in [4.78, 5) is 0. The number of hydrogen-bond acceptors (Lipinski definition) is 3. The van der Waals surface area contributed by atoms with Crippen molar-refractivity contribution in [2.75, 3.05) is 0 Å². The third-order valence-electron chi connectivity index (χ3n) is 2.35. The van der Waals surface area contributed by atoms with Crippen molar-refractivity contribution in [2.45, 2.75) is 26.3 Å². The Balaban J connectivity index is 3.10. The van der Waals surface area contributed by atoms with Gasteiger partial charge in [-0.3, -0.25) is 0 Å². The maximum atomic E-state index is 9.62. The summed E-state index contributed by atoms with van der Waals surface area (Å²) in [5, 5.41) is 18.1. The third kappa shape index (κ3) is 2.04. The van der Waals surface area contributed by atoms with Crippen LogP contribution in [-0.2, 0) is 0 Å². The molecule has 3 nitrogen and oxygen atoms in total. The van der Waals surface area contributed by atoms with Crippen LogP contribution >= 0.6 is 0 Å². The van der Waals surface area contributed by atoms with Crippen LogP contribution in [0.3, 0.4) is 0 Å². The van der Waals surface area contributed by atoms with Crippen LogP contribution in [0.1, 0.15) is 29.2 Å². The number of hydrogen-bond donors (Lipinski definition) is 2. The topological polar surface area (TPSA) is 70.0 Å². The molecule has 3 N–H and O–H groups in total. The molecule has 3 heteroatoms. The Morgan fingerprint density at radius 3 is 2.57 bits per heavy atom. The Hall–Kier alpha value is -1.53. The summed E-state index contributed by atoms with van der Waals surface area (Å²) in [7, 11) is 0. The number of phenolic OH excluding ortho intramolecular Hbond substituents is 1. The summed E-state index contributed by atoms with van der Waals surface area (Å²) in [6.07, 6.45) is 0.218. The first-order valence-corrected chi connectivity index (χ1v) is 4.49. The molecule has 0 heterocycles. The molecule has 0 aromatic heterocycles. The molecule has 1 atom stereocenters. The first-order chi connectivity index (χ1) is 6.56. The highest BCUT2D eigenvalue weighted by Gasteiger charge is 2.11. The molecule has 0 amide bonds. The molecule has 0 saturated carbocycles. The summed E-state index contributed by atoms with van der Waals surface area (Å²) >= 11 is 0. The largest absolute Gasteiger partial charge is 0.508 e. The van der Waals surface area contributed by atoms with Gasteiger partial charge in [-0.25, -0.2) is 0 Å². The van der Waals surface area contributed by atoms with Gasteiger partial charge in [0, 0.05) is 11.6 Å². The van der Waals surface area contributed by atoms with E-state index in [1.165, 1.54) is 0 Å². The molecule has 0 radical (unpaired) electrons. The lowest BCUT2D eigenvalue weighted by molar-refractivity contribution is 0.461. The Morgan fingerprint density at radius 1 is 1.43 bits per heavy atom. The molecule has 1 aromatic rings. The lowest BCUT2D eigenvalue weighted by Gasteiger charge is -2.12. The van der Waals surface area contributed by atoms with E-state index < -0.39 is 6.04 Å². The summed E-state index contributed by atoms with van der Waals surface area (Å²) in [5.41, 5.74) is 8.49. The van der Waals surface area contributed by atoms with E-state index in [0.29, 0.717) is 5.56 Å². The zero-order valence-corrected chi connectivity index (χ0v) is 8.41. The molecular formula is C11H14N2O. The van der Waals surface area contributed by atoms with Crippen LogP contribution in [0, 0.1) is 25.2 Å². The Morgan fingerprint density at radius 2 is 2.00 bits per heavy atom. The van der Waals surface area contributed by atoms with E-state index in [0.717, 1.165) is 11.1 Å². The van der Waals surface area contributed by atoms with Crippen molar-refractivity contribution in [1.29, 1.82) is 5.26 Å². The van der Waals surface area contributed by atoms with Crippen LogP contribution in [0.5, 0.6) is 5.75 Å². The average Bonchev–Trinajstić information content (AvgIpc) is 2.11. The molecule has 74 valence electrons. The van der Waals surface area contributed by atoms with Gasteiger partial charge < -0.3 is 10.8 Å². The van der Waals surface area contributed by atoms with Gasteiger partial charge in [-0.2, -0.15) is 5.26 Å². The van der Waals surface area contributed by atoms with E-state index in [9.17, 15) is 5.11 Å². The number of phenols is 1. The van der Waals surface area contributed by atoms with Gasteiger partial charge in [-0.1, -0.05) is 6.07 Å². The lowest BCUT2D eigenvalue weighted by atomic mass is 9.99. The normalized spacial score (nSPS) is 12.1. The van der Waals surface area contributed by atoms with Crippen LogP contribution < -0.4 is 5.73 Å². The molecule has 0 unspecified atom stereocenters. The highest BCUT2D eigenvalue weighted by atomic mass is 16.3. The molecule has 0 fully saturated rings. The Labute approximate surface area is 83.8 Å². The monoisotopic (exact) mass is 190 g/mol. The molecule has 0 spiro atoms. The smallest absolute Gasteiger partial charge is 0.120 e. The van der Waals surface area contributed by atoms with Gasteiger partial charge in [0.25, 0.3) is 0 Å². The molecule has 0 aliphatic rings. The summed E-state index contributed by atoms with van der Waals surface area (Å²) in [6, 6.07) is 5.11. The van der Waals surface area contributed by atoms with Gasteiger partial charge in [-0.15, -0.1) is 0 Å². The second kappa shape index (κ2) is 4.12. The van der Waals surface area contributed by atoms with Gasteiger partial charge in [0.2, 0.25) is 0 Å². The molecule has 0 aliphatic carbocycles. The fourth-order valence-corrected chi connectivity index (χ4v) is 1.33. The molecule has 0 aliphatic heterocycles. The van der Waals surface area contributed by atoms with Gasteiger partial charge in [0.1, 0.15) is 5.75 Å².